The maximum absolute atomic E-state index is 13.7. The van der Waals surface area contributed by atoms with E-state index in [1.165, 1.54) is 17.8 Å². The Morgan fingerprint density at radius 1 is 1.25 bits per heavy atom. The van der Waals surface area contributed by atoms with Crippen molar-refractivity contribution in [1.29, 1.82) is 0 Å². The highest BCUT2D eigenvalue weighted by Gasteiger charge is 2.09. The molecule has 3 rings (SSSR count). The number of oxazole rings is 1. The van der Waals surface area contributed by atoms with Crippen molar-refractivity contribution < 1.29 is 8.81 Å². The predicted molar refractivity (Wildman–Crippen MR) is 82.1 cm³/mol. The minimum absolute atomic E-state index is 0.243. The number of halogens is 2. The van der Waals surface area contributed by atoms with Gasteiger partial charge in [-0.3, -0.25) is 0 Å². The second-order valence-electron chi connectivity index (χ2n) is 4.23. The predicted octanol–water partition coefficient (Wildman–Crippen LogP) is 4.60. The lowest BCUT2D eigenvalue weighted by molar-refractivity contribution is 0.489. The smallest absolute Gasteiger partial charge is 0.257 e. The summed E-state index contributed by atoms with van der Waals surface area (Å²) < 4.78 is 20.0. The molecule has 3 nitrogen and oxygen atoms in total. The van der Waals surface area contributed by atoms with E-state index >= 15 is 0 Å². The van der Waals surface area contributed by atoms with E-state index in [4.69, 9.17) is 10.2 Å². The zero-order valence-corrected chi connectivity index (χ0v) is 12.7. The van der Waals surface area contributed by atoms with E-state index < -0.39 is 0 Å². The van der Waals surface area contributed by atoms with Crippen LogP contribution in [0.5, 0.6) is 0 Å². The van der Waals surface area contributed by atoms with Crippen LogP contribution in [0.25, 0.3) is 11.1 Å². The fourth-order valence-corrected chi connectivity index (χ4v) is 2.92. The van der Waals surface area contributed by atoms with Crippen LogP contribution in [0.3, 0.4) is 0 Å². The summed E-state index contributed by atoms with van der Waals surface area (Å²) in [6.45, 7) is 0. The molecule has 3 aromatic rings. The third kappa shape index (κ3) is 2.81. The first kappa shape index (κ1) is 13.5. The van der Waals surface area contributed by atoms with Crippen LogP contribution in [-0.4, -0.2) is 4.98 Å². The zero-order valence-electron chi connectivity index (χ0n) is 10.3. The Kier molecular flexibility index (Phi) is 3.67. The van der Waals surface area contributed by atoms with Crippen molar-refractivity contribution in [2.45, 2.75) is 11.0 Å². The van der Waals surface area contributed by atoms with Crippen LogP contribution in [-0.2, 0) is 5.75 Å². The highest BCUT2D eigenvalue weighted by atomic mass is 79.9. The number of benzene rings is 2. The molecule has 0 aliphatic carbocycles. The van der Waals surface area contributed by atoms with Crippen LogP contribution in [0, 0.1) is 5.82 Å². The van der Waals surface area contributed by atoms with Gasteiger partial charge >= 0.3 is 0 Å². The lowest BCUT2D eigenvalue weighted by atomic mass is 10.2. The average molecular weight is 353 g/mol. The highest BCUT2D eigenvalue weighted by Crippen LogP contribution is 2.28. The summed E-state index contributed by atoms with van der Waals surface area (Å²) in [5.74, 6) is 0.216. The number of fused-ring (bicyclic) bond motifs is 1. The number of hydrogen-bond acceptors (Lipinski definition) is 4. The third-order valence-corrected chi connectivity index (χ3v) is 4.13. The number of hydrogen-bond donors (Lipinski definition) is 1. The molecule has 6 heteroatoms. The summed E-state index contributed by atoms with van der Waals surface area (Å²) >= 11 is 4.58. The summed E-state index contributed by atoms with van der Waals surface area (Å²) in [5.41, 5.74) is 8.31. The normalized spacial score (nSPS) is 11.1. The highest BCUT2D eigenvalue weighted by molar-refractivity contribution is 9.10. The molecule has 0 saturated carbocycles. The minimum Gasteiger partial charge on any atom is -0.431 e. The summed E-state index contributed by atoms with van der Waals surface area (Å²) in [5, 5.41) is 0.507. The van der Waals surface area contributed by atoms with Gasteiger partial charge in [0.25, 0.3) is 5.22 Å². The number of aromatic nitrogens is 1. The van der Waals surface area contributed by atoms with Crippen molar-refractivity contribution in [1.82, 2.24) is 4.98 Å². The number of anilines is 1. The molecule has 1 aromatic heterocycles. The van der Waals surface area contributed by atoms with E-state index in [-0.39, 0.29) is 5.82 Å². The Balaban J connectivity index is 1.79. The molecule has 2 N–H and O–H groups in total. The van der Waals surface area contributed by atoms with Gasteiger partial charge in [-0.25, -0.2) is 9.37 Å². The monoisotopic (exact) mass is 352 g/mol. The molecule has 20 heavy (non-hydrogen) atoms. The summed E-state index contributed by atoms with van der Waals surface area (Å²) in [6.07, 6.45) is 0. The standard InChI is InChI=1S/C14H10BrFN2OS/c15-9-2-1-8(11(16)5-9)7-20-14-18-12-4-3-10(17)6-13(12)19-14/h1-6H,7,17H2. The van der Waals surface area contributed by atoms with E-state index in [1.807, 2.05) is 6.07 Å². The molecule has 0 amide bonds. The van der Waals surface area contributed by atoms with Gasteiger partial charge < -0.3 is 10.2 Å². The zero-order chi connectivity index (χ0) is 14.1. The fraction of sp³-hybridized carbons (Fsp3) is 0.0714. The Morgan fingerprint density at radius 3 is 2.90 bits per heavy atom. The van der Waals surface area contributed by atoms with E-state index in [2.05, 4.69) is 20.9 Å². The second-order valence-corrected chi connectivity index (χ2v) is 6.07. The van der Waals surface area contributed by atoms with Crippen molar-refractivity contribution in [3.63, 3.8) is 0 Å². The first-order chi connectivity index (χ1) is 9.61. The summed E-state index contributed by atoms with van der Waals surface area (Å²) in [7, 11) is 0. The third-order valence-electron chi connectivity index (χ3n) is 2.76. The number of rotatable bonds is 3. The average Bonchev–Trinajstić information content (AvgIpc) is 2.79. The fourth-order valence-electron chi connectivity index (χ4n) is 1.76. The van der Waals surface area contributed by atoms with Crippen molar-refractivity contribution in [3.8, 4) is 0 Å². The first-order valence-electron chi connectivity index (χ1n) is 5.84. The van der Waals surface area contributed by atoms with Gasteiger partial charge in [-0.2, -0.15) is 0 Å². The summed E-state index contributed by atoms with van der Waals surface area (Å²) in [6, 6.07) is 10.3. The van der Waals surface area contributed by atoms with Gasteiger partial charge in [0.1, 0.15) is 11.3 Å². The maximum atomic E-state index is 13.7. The molecule has 0 aliphatic heterocycles. The van der Waals surface area contributed by atoms with Gasteiger partial charge in [0, 0.05) is 22.0 Å². The van der Waals surface area contributed by atoms with Gasteiger partial charge in [0.05, 0.1) is 0 Å². The minimum atomic E-state index is -0.243. The largest absolute Gasteiger partial charge is 0.431 e. The SMILES string of the molecule is Nc1ccc2nc(SCc3ccc(Br)cc3F)oc2c1. The van der Waals surface area contributed by atoms with Crippen molar-refractivity contribution in [2.24, 2.45) is 0 Å². The number of nitrogens with zero attached hydrogens (tertiary/aromatic N) is 1. The topological polar surface area (TPSA) is 52.0 Å². The molecule has 0 aliphatic rings. The van der Waals surface area contributed by atoms with Gasteiger partial charge in [0.2, 0.25) is 0 Å². The van der Waals surface area contributed by atoms with Crippen LogP contribution in [0.4, 0.5) is 10.1 Å². The number of nitrogen functional groups attached to an aromatic ring is 1. The van der Waals surface area contributed by atoms with Crippen LogP contribution in [0.15, 0.2) is 50.5 Å². The van der Waals surface area contributed by atoms with Gasteiger partial charge in [-0.15, -0.1) is 0 Å². The quantitative estimate of drug-likeness (QED) is 0.552. The molecule has 0 unspecified atom stereocenters. The maximum Gasteiger partial charge on any atom is 0.257 e. The Morgan fingerprint density at radius 2 is 2.10 bits per heavy atom. The van der Waals surface area contributed by atoms with Crippen molar-refractivity contribution >= 4 is 44.5 Å². The Bertz CT molecular complexity index is 775. The van der Waals surface area contributed by atoms with Crippen LogP contribution in [0.2, 0.25) is 0 Å². The van der Waals surface area contributed by atoms with Gasteiger partial charge in [-0.1, -0.05) is 33.8 Å². The van der Waals surface area contributed by atoms with Crippen LogP contribution < -0.4 is 5.73 Å². The molecule has 0 spiro atoms. The molecule has 0 atom stereocenters. The number of nitrogens with two attached hydrogens (primary N) is 1. The molecule has 0 bridgehead atoms. The first-order valence-corrected chi connectivity index (χ1v) is 7.62. The van der Waals surface area contributed by atoms with E-state index in [0.717, 1.165) is 9.99 Å². The molecular weight excluding hydrogens is 343 g/mol. The molecular formula is C14H10BrFN2OS. The molecule has 0 fully saturated rings. The lowest BCUT2D eigenvalue weighted by Gasteiger charge is -2.01. The van der Waals surface area contributed by atoms with E-state index in [9.17, 15) is 4.39 Å². The van der Waals surface area contributed by atoms with Crippen molar-refractivity contribution in [2.75, 3.05) is 5.73 Å². The molecule has 102 valence electrons. The van der Waals surface area contributed by atoms with Crippen LogP contribution >= 0.6 is 27.7 Å². The number of thioether (sulfide) groups is 1. The molecule has 2 aromatic carbocycles. The molecule has 0 radical (unpaired) electrons. The molecule has 0 saturated heterocycles. The molecule has 1 heterocycles. The van der Waals surface area contributed by atoms with Crippen LogP contribution in [0.1, 0.15) is 5.56 Å². The summed E-state index contributed by atoms with van der Waals surface area (Å²) in [4.78, 5) is 4.33. The Hall–Kier alpha value is -1.53. The van der Waals surface area contributed by atoms with E-state index in [0.29, 0.717) is 27.8 Å². The van der Waals surface area contributed by atoms with Crippen molar-refractivity contribution in [3.05, 3.63) is 52.3 Å². The Labute approximate surface area is 127 Å². The van der Waals surface area contributed by atoms with Gasteiger partial charge in [0.15, 0.2) is 5.58 Å². The second kappa shape index (κ2) is 5.46. The van der Waals surface area contributed by atoms with E-state index in [1.54, 1.807) is 24.3 Å². The van der Waals surface area contributed by atoms with Gasteiger partial charge in [-0.05, 0) is 29.8 Å². The lowest BCUT2D eigenvalue weighted by Crippen LogP contribution is -1.87.